The van der Waals surface area contributed by atoms with Gasteiger partial charge < -0.3 is 23.8 Å². The molecule has 0 aliphatic carbocycles. The largest absolute Gasteiger partial charge is 0.456 e. The maximum Gasteiger partial charge on any atom is 0.363 e. The van der Waals surface area contributed by atoms with Gasteiger partial charge in [0.05, 0.1) is 23.0 Å². The van der Waals surface area contributed by atoms with Crippen molar-refractivity contribution >= 4 is 35.7 Å². The van der Waals surface area contributed by atoms with E-state index in [1.165, 1.54) is 42.5 Å². The Labute approximate surface area is 256 Å². The van der Waals surface area contributed by atoms with E-state index in [2.05, 4.69) is 0 Å². The molecule has 0 N–H and O–H groups in total. The Morgan fingerprint density at radius 2 is 1.27 bits per heavy atom. The molecular weight excluding hydrogens is 586 g/mol. The monoisotopic (exact) mass is 613 g/mol. The van der Waals surface area contributed by atoms with Gasteiger partial charge in [0.25, 0.3) is 11.8 Å². The van der Waals surface area contributed by atoms with E-state index in [0.29, 0.717) is 16.2 Å². The molecule has 0 saturated carbocycles. The van der Waals surface area contributed by atoms with Crippen molar-refractivity contribution in [2.24, 2.45) is 11.8 Å². The molecule has 12 heteroatoms. The number of esters is 3. The van der Waals surface area contributed by atoms with Gasteiger partial charge in [-0.05, 0) is 42.5 Å². The van der Waals surface area contributed by atoms with Crippen LogP contribution in [0.5, 0.6) is 23.0 Å². The number of carbonyl (C=O) groups is 6. The summed E-state index contributed by atoms with van der Waals surface area (Å²) in [4.78, 5) is 80.4. The molecule has 0 atom stereocenters. The zero-order chi connectivity index (χ0) is 32.2. The normalized spacial score (nSPS) is 15.8. The van der Waals surface area contributed by atoms with E-state index in [4.69, 9.17) is 23.8 Å². The van der Waals surface area contributed by atoms with Gasteiger partial charge in [0.15, 0.2) is 5.60 Å². The lowest BCUT2D eigenvalue weighted by molar-refractivity contribution is -0.172. The number of nitrogens with zero attached hydrogens (tertiary/aromatic N) is 1. The molecule has 3 heterocycles. The van der Waals surface area contributed by atoms with Crippen LogP contribution in [0.4, 0.5) is 0 Å². The molecule has 3 aliphatic rings. The predicted molar refractivity (Wildman–Crippen MR) is 152 cm³/mol. The molecule has 0 aromatic heterocycles. The summed E-state index contributed by atoms with van der Waals surface area (Å²) < 4.78 is 23.3. The van der Waals surface area contributed by atoms with E-state index in [1.54, 1.807) is 39.8 Å². The number of hydrogen-bond donors (Lipinski definition) is 0. The number of hydrogen-bond acceptors (Lipinski definition) is 11. The molecule has 3 aliphatic heterocycles. The van der Waals surface area contributed by atoms with Crippen molar-refractivity contribution in [3.63, 3.8) is 0 Å². The molecule has 2 amide bonds. The zero-order valence-corrected chi connectivity index (χ0v) is 24.7. The van der Waals surface area contributed by atoms with Gasteiger partial charge in [-0.2, -0.15) is 0 Å². The van der Waals surface area contributed by atoms with Gasteiger partial charge in [0, 0.05) is 41.7 Å². The Morgan fingerprint density at radius 1 is 0.733 bits per heavy atom. The fourth-order valence-corrected chi connectivity index (χ4v) is 5.20. The van der Waals surface area contributed by atoms with E-state index < -0.39 is 53.1 Å². The number of benzene rings is 3. The van der Waals surface area contributed by atoms with Crippen LogP contribution in [0.15, 0.2) is 54.6 Å². The number of ether oxygens (including phenoxy) is 4. The molecule has 1 fully saturated rings. The summed E-state index contributed by atoms with van der Waals surface area (Å²) in [6.07, 6.45) is -0.142. The highest BCUT2D eigenvalue weighted by Gasteiger charge is 2.54. The third-order valence-corrected chi connectivity index (χ3v) is 7.54. The van der Waals surface area contributed by atoms with Crippen LogP contribution in [0, 0.1) is 11.8 Å². The van der Waals surface area contributed by atoms with E-state index in [-0.39, 0.29) is 52.5 Å². The average molecular weight is 614 g/mol. The topological polar surface area (TPSA) is 152 Å². The second-order valence-corrected chi connectivity index (χ2v) is 11.4. The van der Waals surface area contributed by atoms with E-state index >= 15 is 0 Å². The van der Waals surface area contributed by atoms with Crippen molar-refractivity contribution in [1.29, 1.82) is 0 Å². The maximum absolute atomic E-state index is 13.4. The fraction of sp³-hybridized carbons (Fsp3) is 0.273. The van der Waals surface area contributed by atoms with Crippen LogP contribution < -0.4 is 14.2 Å². The summed E-state index contributed by atoms with van der Waals surface area (Å²) >= 11 is 0. The van der Waals surface area contributed by atoms with Crippen molar-refractivity contribution in [2.45, 2.75) is 46.1 Å². The SMILES string of the molecule is CC(C)C(=O)Oc1ccc2c(c1)Oc1cc(OC(=O)C(C)C)ccc1C21OC(=O)c2ccc(C(=O)ON3C(=O)CCC3=O)cc21. The summed E-state index contributed by atoms with van der Waals surface area (Å²) in [5.41, 5.74) is -0.609. The molecule has 230 valence electrons. The Hall–Kier alpha value is -5.52. The minimum atomic E-state index is -1.66. The van der Waals surface area contributed by atoms with Crippen molar-refractivity contribution in [3.05, 3.63) is 82.4 Å². The minimum Gasteiger partial charge on any atom is -0.456 e. The van der Waals surface area contributed by atoms with E-state index in [0.717, 1.165) is 0 Å². The standard InChI is InChI=1S/C33H27NO11/c1-16(2)29(37)41-19-6-9-22-25(14-19)43-26-15-20(42-30(38)17(3)4)7-10-23(26)33(22)24-13-18(5-8-21(24)32(40)44-33)31(39)45-34-27(35)11-12-28(34)36/h5-10,13-17H,11-12H2,1-4H3. The van der Waals surface area contributed by atoms with Crippen LogP contribution in [0.2, 0.25) is 0 Å². The van der Waals surface area contributed by atoms with E-state index in [9.17, 15) is 28.8 Å². The molecule has 1 saturated heterocycles. The highest BCUT2D eigenvalue weighted by atomic mass is 16.7. The Balaban J connectivity index is 1.49. The third kappa shape index (κ3) is 4.97. The molecule has 0 radical (unpaired) electrons. The van der Waals surface area contributed by atoms with Gasteiger partial charge in [-0.15, -0.1) is 5.06 Å². The quantitative estimate of drug-likeness (QED) is 0.218. The highest BCUT2D eigenvalue weighted by Crippen LogP contribution is 2.57. The number of fused-ring (bicyclic) bond motifs is 6. The lowest BCUT2D eigenvalue weighted by Gasteiger charge is -2.36. The first-order chi connectivity index (χ1) is 21.4. The van der Waals surface area contributed by atoms with Gasteiger partial charge in [0.1, 0.15) is 23.0 Å². The molecule has 6 rings (SSSR count). The van der Waals surface area contributed by atoms with Gasteiger partial charge in [-0.3, -0.25) is 19.2 Å². The summed E-state index contributed by atoms with van der Waals surface area (Å²) in [6, 6.07) is 13.3. The number of imide groups is 1. The number of hydroxylamine groups is 2. The van der Waals surface area contributed by atoms with Gasteiger partial charge in [0.2, 0.25) is 0 Å². The van der Waals surface area contributed by atoms with Gasteiger partial charge >= 0.3 is 23.9 Å². The lowest BCUT2D eigenvalue weighted by Crippen LogP contribution is -2.34. The van der Waals surface area contributed by atoms with Gasteiger partial charge in [-0.25, -0.2) is 9.59 Å². The van der Waals surface area contributed by atoms with Crippen molar-refractivity contribution in [2.75, 3.05) is 0 Å². The van der Waals surface area contributed by atoms with Crippen molar-refractivity contribution < 1.29 is 52.6 Å². The van der Waals surface area contributed by atoms with Crippen molar-refractivity contribution in [1.82, 2.24) is 5.06 Å². The number of carbonyl (C=O) groups excluding carboxylic acids is 6. The molecule has 45 heavy (non-hydrogen) atoms. The van der Waals surface area contributed by atoms with Crippen molar-refractivity contribution in [3.8, 4) is 23.0 Å². The number of rotatable bonds is 6. The van der Waals surface area contributed by atoms with Crippen LogP contribution in [-0.2, 0) is 34.4 Å². The Morgan fingerprint density at radius 3 is 1.78 bits per heavy atom. The third-order valence-electron chi connectivity index (χ3n) is 7.54. The maximum atomic E-state index is 13.4. The molecule has 12 nitrogen and oxygen atoms in total. The lowest BCUT2D eigenvalue weighted by atomic mass is 9.77. The minimum absolute atomic E-state index is 0.0570. The molecular formula is C33H27NO11. The van der Waals surface area contributed by atoms with Crippen LogP contribution in [0.25, 0.3) is 0 Å². The summed E-state index contributed by atoms with van der Waals surface area (Å²) in [5, 5.41) is 0.436. The predicted octanol–water partition coefficient (Wildman–Crippen LogP) is 4.60. The average Bonchev–Trinajstić information content (AvgIpc) is 3.47. The van der Waals surface area contributed by atoms with Crippen LogP contribution in [-0.4, -0.2) is 40.8 Å². The second kappa shape index (κ2) is 10.9. The van der Waals surface area contributed by atoms with Crippen LogP contribution in [0.1, 0.15) is 77.9 Å². The van der Waals surface area contributed by atoms with Crippen LogP contribution in [0.3, 0.4) is 0 Å². The Bertz CT molecular complexity index is 1740. The van der Waals surface area contributed by atoms with E-state index in [1.807, 2.05) is 0 Å². The molecule has 0 bridgehead atoms. The first-order valence-corrected chi connectivity index (χ1v) is 14.2. The molecule has 1 spiro atoms. The summed E-state index contributed by atoms with van der Waals surface area (Å²) in [6.45, 7) is 6.76. The van der Waals surface area contributed by atoms with Gasteiger partial charge in [-0.1, -0.05) is 27.7 Å². The molecule has 3 aromatic carbocycles. The molecule has 3 aromatic rings. The van der Waals surface area contributed by atoms with Crippen LogP contribution >= 0.6 is 0 Å². The highest BCUT2D eigenvalue weighted by molar-refractivity contribution is 6.03. The number of amides is 2. The zero-order valence-electron chi connectivity index (χ0n) is 24.7. The first kappa shape index (κ1) is 29.5. The smallest absolute Gasteiger partial charge is 0.363 e. The summed E-state index contributed by atoms with van der Waals surface area (Å²) in [7, 11) is 0. The summed E-state index contributed by atoms with van der Waals surface area (Å²) in [5.74, 6) is -4.02. The molecule has 0 unspecified atom stereocenters. The fourth-order valence-electron chi connectivity index (χ4n) is 5.20. The Kier molecular flexibility index (Phi) is 7.15. The second-order valence-electron chi connectivity index (χ2n) is 11.4. The first-order valence-electron chi connectivity index (χ1n) is 14.2.